The third-order valence-corrected chi connectivity index (χ3v) is 3.55. The molecule has 0 saturated carbocycles. The Morgan fingerprint density at radius 3 is 3.12 bits per heavy atom. The summed E-state index contributed by atoms with van der Waals surface area (Å²) >= 11 is 1.54. The number of esters is 1. The molecule has 3 nitrogen and oxygen atoms in total. The molecule has 2 rings (SSSR count). The Bertz CT molecular complexity index is 397. The van der Waals surface area contributed by atoms with Gasteiger partial charge >= 0.3 is 5.97 Å². The topological polar surface area (TPSA) is 39.2 Å². The van der Waals surface area contributed by atoms with Crippen molar-refractivity contribution >= 4 is 17.3 Å². The smallest absolute Gasteiger partial charge is 0.309 e. The Hall–Kier alpha value is -1.16. The van der Waals surface area contributed by atoms with Crippen molar-refractivity contribution in [3.8, 4) is 0 Å². The van der Waals surface area contributed by atoms with Gasteiger partial charge in [-0.25, -0.2) is 4.98 Å². The Morgan fingerprint density at radius 2 is 2.50 bits per heavy atom. The maximum absolute atomic E-state index is 11.7. The first kappa shape index (κ1) is 11.3. The number of aryl methyl sites for hydroxylation is 1. The van der Waals surface area contributed by atoms with E-state index in [1.165, 1.54) is 11.3 Å². The molecular formula is C12H15NO2S. The monoisotopic (exact) mass is 237 g/mol. The largest absolute Gasteiger partial charge is 0.458 e. The van der Waals surface area contributed by atoms with E-state index in [0.717, 1.165) is 30.0 Å². The average molecular weight is 237 g/mol. The fourth-order valence-electron chi connectivity index (χ4n) is 1.73. The first-order valence-electron chi connectivity index (χ1n) is 5.48. The van der Waals surface area contributed by atoms with Crippen molar-refractivity contribution in [2.45, 2.75) is 32.8 Å². The summed E-state index contributed by atoms with van der Waals surface area (Å²) in [5, 5.41) is 2.84. The molecule has 0 saturated heterocycles. The van der Waals surface area contributed by atoms with Crippen LogP contribution in [0.25, 0.3) is 0 Å². The third kappa shape index (κ3) is 2.92. The standard InChI is InChI=1S/C12H15NO2S/c1-9-8-16-11(13-9)7-15-12(14)10-5-3-2-4-6-10/h2-3,8,10H,4-7H2,1H3. The first-order chi connectivity index (χ1) is 7.75. The van der Waals surface area contributed by atoms with Gasteiger partial charge in [-0.1, -0.05) is 12.2 Å². The lowest BCUT2D eigenvalue weighted by molar-refractivity contribution is -0.150. The molecule has 0 bridgehead atoms. The average Bonchev–Trinajstić information content (AvgIpc) is 2.73. The van der Waals surface area contributed by atoms with E-state index >= 15 is 0 Å². The molecule has 0 radical (unpaired) electrons. The van der Waals surface area contributed by atoms with Gasteiger partial charge in [-0.15, -0.1) is 11.3 Å². The maximum atomic E-state index is 11.7. The first-order valence-corrected chi connectivity index (χ1v) is 6.36. The predicted octanol–water partition coefficient (Wildman–Crippen LogP) is 2.85. The highest BCUT2D eigenvalue weighted by Gasteiger charge is 2.20. The van der Waals surface area contributed by atoms with E-state index in [0.29, 0.717) is 6.61 Å². The fraction of sp³-hybridized carbons (Fsp3) is 0.500. The Labute approximate surface area is 99.2 Å². The zero-order valence-electron chi connectivity index (χ0n) is 9.31. The summed E-state index contributed by atoms with van der Waals surface area (Å²) in [5.74, 6) is -0.0386. The Kier molecular flexibility index (Phi) is 3.72. The lowest BCUT2D eigenvalue weighted by atomic mass is 9.95. The van der Waals surface area contributed by atoms with Crippen LogP contribution in [0.2, 0.25) is 0 Å². The van der Waals surface area contributed by atoms with Gasteiger partial charge in [0.1, 0.15) is 11.6 Å². The number of rotatable bonds is 3. The van der Waals surface area contributed by atoms with Crippen molar-refractivity contribution in [1.29, 1.82) is 0 Å². The molecule has 0 aromatic carbocycles. The minimum atomic E-state index is -0.0859. The van der Waals surface area contributed by atoms with Crippen molar-refractivity contribution in [2.24, 2.45) is 5.92 Å². The normalized spacial score (nSPS) is 19.7. The van der Waals surface area contributed by atoms with E-state index in [1.54, 1.807) is 0 Å². The molecule has 0 fully saturated rings. The number of hydrogen-bond donors (Lipinski definition) is 0. The van der Waals surface area contributed by atoms with Gasteiger partial charge in [-0.05, 0) is 26.2 Å². The van der Waals surface area contributed by atoms with Crippen LogP contribution in [0.1, 0.15) is 30.0 Å². The van der Waals surface area contributed by atoms with Crippen molar-refractivity contribution in [3.63, 3.8) is 0 Å². The quantitative estimate of drug-likeness (QED) is 0.599. The number of carbonyl (C=O) groups excluding carboxylic acids is 1. The maximum Gasteiger partial charge on any atom is 0.309 e. The van der Waals surface area contributed by atoms with Gasteiger partial charge in [0.15, 0.2) is 0 Å². The van der Waals surface area contributed by atoms with E-state index in [-0.39, 0.29) is 11.9 Å². The SMILES string of the molecule is Cc1csc(COC(=O)C2CC=CCC2)n1. The third-order valence-electron chi connectivity index (χ3n) is 2.61. The number of carbonyl (C=O) groups is 1. The molecule has 1 aliphatic rings. The molecule has 16 heavy (non-hydrogen) atoms. The predicted molar refractivity (Wildman–Crippen MR) is 63.1 cm³/mol. The summed E-state index contributed by atoms with van der Waals surface area (Å²) in [5.41, 5.74) is 0.983. The summed E-state index contributed by atoms with van der Waals surface area (Å²) in [6, 6.07) is 0. The summed E-state index contributed by atoms with van der Waals surface area (Å²) in [4.78, 5) is 16.0. The number of aromatic nitrogens is 1. The molecule has 0 N–H and O–H groups in total. The molecule has 1 aromatic rings. The van der Waals surface area contributed by atoms with Crippen LogP contribution in [0.5, 0.6) is 0 Å². The Morgan fingerprint density at radius 1 is 1.62 bits per heavy atom. The van der Waals surface area contributed by atoms with Crippen LogP contribution in [0, 0.1) is 12.8 Å². The molecule has 1 unspecified atom stereocenters. The van der Waals surface area contributed by atoms with Crippen LogP contribution < -0.4 is 0 Å². The Balaban J connectivity index is 1.81. The highest BCUT2D eigenvalue weighted by molar-refractivity contribution is 7.09. The molecule has 1 atom stereocenters. The van der Waals surface area contributed by atoms with Gasteiger partial charge in [-0.3, -0.25) is 4.79 Å². The summed E-state index contributed by atoms with van der Waals surface area (Å²) in [7, 11) is 0. The minimum Gasteiger partial charge on any atom is -0.458 e. The van der Waals surface area contributed by atoms with E-state index in [1.807, 2.05) is 12.3 Å². The molecular weight excluding hydrogens is 222 g/mol. The van der Waals surface area contributed by atoms with Crippen molar-refractivity contribution in [3.05, 3.63) is 28.2 Å². The summed E-state index contributed by atoms with van der Waals surface area (Å²) in [6.07, 6.45) is 6.88. The van der Waals surface area contributed by atoms with Crippen molar-refractivity contribution in [2.75, 3.05) is 0 Å². The second kappa shape index (κ2) is 5.25. The number of allylic oxidation sites excluding steroid dienone is 2. The van der Waals surface area contributed by atoms with E-state index in [2.05, 4.69) is 17.1 Å². The van der Waals surface area contributed by atoms with Crippen LogP contribution >= 0.6 is 11.3 Å². The zero-order chi connectivity index (χ0) is 11.4. The van der Waals surface area contributed by atoms with Crippen LogP contribution in [-0.4, -0.2) is 11.0 Å². The molecule has 0 spiro atoms. The van der Waals surface area contributed by atoms with Gasteiger partial charge in [0, 0.05) is 11.1 Å². The van der Waals surface area contributed by atoms with Crippen molar-refractivity contribution < 1.29 is 9.53 Å². The highest BCUT2D eigenvalue weighted by Crippen LogP contribution is 2.20. The lowest BCUT2D eigenvalue weighted by Gasteiger charge is -2.15. The zero-order valence-corrected chi connectivity index (χ0v) is 10.1. The lowest BCUT2D eigenvalue weighted by Crippen LogP contribution is -2.18. The molecule has 0 amide bonds. The molecule has 1 aromatic heterocycles. The number of hydrogen-bond acceptors (Lipinski definition) is 4. The highest BCUT2D eigenvalue weighted by atomic mass is 32.1. The number of thiazole rings is 1. The van der Waals surface area contributed by atoms with E-state index < -0.39 is 0 Å². The van der Waals surface area contributed by atoms with E-state index in [4.69, 9.17) is 4.74 Å². The van der Waals surface area contributed by atoms with Gasteiger partial charge in [0.05, 0.1) is 5.92 Å². The van der Waals surface area contributed by atoms with Gasteiger partial charge in [0.2, 0.25) is 0 Å². The number of ether oxygens (including phenoxy) is 1. The van der Waals surface area contributed by atoms with Crippen molar-refractivity contribution in [1.82, 2.24) is 4.98 Å². The summed E-state index contributed by atoms with van der Waals surface area (Å²) < 4.78 is 5.26. The molecule has 1 aliphatic carbocycles. The van der Waals surface area contributed by atoms with Crippen LogP contribution in [0.15, 0.2) is 17.5 Å². The van der Waals surface area contributed by atoms with E-state index in [9.17, 15) is 4.79 Å². The van der Waals surface area contributed by atoms with Crippen LogP contribution in [0.3, 0.4) is 0 Å². The second-order valence-corrected chi connectivity index (χ2v) is 4.91. The van der Waals surface area contributed by atoms with Gasteiger partial charge < -0.3 is 4.74 Å². The molecule has 0 aliphatic heterocycles. The summed E-state index contributed by atoms with van der Waals surface area (Å²) in [6.45, 7) is 2.26. The van der Waals surface area contributed by atoms with Gasteiger partial charge in [0.25, 0.3) is 0 Å². The van der Waals surface area contributed by atoms with Crippen LogP contribution in [0.4, 0.5) is 0 Å². The van der Waals surface area contributed by atoms with Gasteiger partial charge in [-0.2, -0.15) is 0 Å². The minimum absolute atomic E-state index is 0.0473. The second-order valence-electron chi connectivity index (χ2n) is 3.97. The molecule has 4 heteroatoms. The molecule has 86 valence electrons. The number of nitrogens with zero attached hydrogens (tertiary/aromatic N) is 1. The fourth-order valence-corrected chi connectivity index (χ4v) is 2.41. The van der Waals surface area contributed by atoms with Crippen LogP contribution in [-0.2, 0) is 16.1 Å². The molecule has 1 heterocycles.